The molecule has 0 atom stereocenters. The maximum absolute atomic E-state index is 11.4. The minimum absolute atomic E-state index is 0.0221. The SMILES string of the molecule is Cc1ccc(C)c(SCC(=O)NCCC#N)c1. The predicted molar refractivity (Wildman–Crippen MR) is 69.9 cm³/mol. The molecule has 1 aromatic rings. The van der Waals surface area contributed by atoms with Crippen molar-refractivity contribution in [3.05, 3.63) is 29.3 Å². The smallest absolute Gasteiger partial charge is 0.230 e. The van der Waals surface area contributed by atoms with Crippen molar-refractivity contribution in [2.45, 2.75) is 25.2 Å². The molecule has 0 spiro atoms. The van der Waals surface area contributed by atoms with E-state index in [1.54, 1.807) is 0 Å². The topological polar surface area (TPSA) is 52.9 Å². The van der Waals surface area contributed by atoms with Gasteiger partial charge >= 0.3 is 0 Å². The Hall–Kier alpha value is -1.47. The fourth-order valence-corrected chi connectivity index (χ4v) is 2.27. The molecule has 0 unspecified atom stereocenters. The Kier molecular flexibility index (Phi) is 5.58. The molecule has 0 aliphatic carbocycles. The van der Waals surface area contributed by atoms with Crippen LogP contribution in [-0.2, 0) is 4.79 Å². The average molecular weight is 248 g/mol. The van der Waals surface area contributed by atoms with Gasteiger partial charge in [-0.15, -0.1) is 11.8 Å². The van der Waals surface area contributed by atoms with Crippen molar-refractivity contribution in [2.75, 3.05) is 12.3 Å². The van der Waals surface area contributed by atoms with E-state index in [0.29, 0.717) is 18.7 Å². The lowest BCUT2D eigenvalue weighted by molar-refractivity contribution is -0.118. The van der Waals surface area contributed by atoms with Crippen molar-refractivity contribution in [2.24, 2.45) is 0 Å². The molecule has 4 heteroatoms. The normalized spacial score (nSPS) is 9.71. The first-order valence-corrected chi connectivity index (χ1v) is 6.45. The van der Waals surface area contributed by atoms with Crippen molar-refractivity contribution in [1.29, 1.82) is 5.26 Å². The maximum atomic E-state index is 11.4. The first-order chi connectivity index (χ1) is 8.13. The molecule has 0 bridgehead atoms. The average Bonchev–Trinajstić information content (AvgIpc) is 2.31. The van der Waals surface area contributed by atoms with E-state index >= 15 is 0 Å². The van der Waals surface area contributed by atoms with Crippen LogP contribution in [0.25, 0.3) is 0 Å². The molecular formula is C13H16N2OS. The Labute approximate surface area is 106 Å². The summed E-state index contributed by atoms with van der Waals surface area (Å²) in [5, 5.41) is 11.1. The fourth-order valence-electron chi connectivity index (χ4n) is 1.31. The Bertz CT molecular complexity index is 438. The number of rotatable bonds is 5. The third-order valence-electron chi connectivity index (χ3n) is 2.26. The summed E-state index contributed by atoms with van der Waals surface area (Å²) in [6, 6.07) is 8.20. The van der Waals surface area contributed by atoms with Gasteiger partial charge in [-0.25, -0.2) is 0 Å². The first kappa shape index (κ1) is 13.6. The summed E-state index contributed by atoms with van der Waals surface area (Å²) in [6.45, 7) is 4.51. The molecule has 1 N–H and O–H groups in total. The Balaban J connectivity index is 2.42. The second-order valence-electron chi connectivity index (χ2n) is 3.82. The molecular weight excluding hydrogens is 232 g/mol. The zero-order chi connectivity index (χ0) is 12.7. The number of aryl methyl sites for hydroxylation is 2. The number of hydrogen-bond donors (Lipinski definition) is 1. The number of hydrogen-bond acceptors (Lipinski definition) is 3. The number of benzene rings is 1. The van der Waals surface area contributed by atoms with Gasteiger partial charge in [0.25, 0.3) is 0 Å². The van der Waals surface area contributed by atoms with Crippen LogP contribution in [0.1, 0.15) is 17.5 Å². The van der Waals surface area contributed by atoms with Crippen LogP contribution in [0.3, 0.4) is 0 Å². The summed E-state index contributed by atoms with van der Waals surface area (Å²) < 4.78 is 0. The van der Waals surface area contributed by atoms with Gasteiger partial charge < -0.3 is 5.32 Å². The molecule has 90 valence electrons. The fraction of sp³-hybridized carbons (Fsp3) is 0.385. The molecule has 0 saturated carbocycles. The van der Waals surface area contributed by atoms with Crippen molar-refractivity contribution in [3.8, 4) is 6.07 Å². The maximum Gasteiger partial charge on any atom is 0.230 e. The van der Waals surface area contributed by atoms with E-state index in [1.165, 1.54) is 22.9 Å². The van der Waals surface area contributed by atoms with Crippen LogP contribution in [0.4, 0.5) is 0 Å². The van der Waals surface area contributed by atoms with Gasteiger partial charge in [0.1, 0.15) is 0 Å². The molecule has 0 saturated heterocycles. The van der Waals surface area contributed by atoms with Crippen LogP contribution < -0.4 is 5.32 Å². The predicted octanol–water partition coefficient (Wildman–Crippen LogP) is 2.43. The molecule has 3 nitrogen and oxygen atoms in total. The Morgan fingerprint density at radius 2 is 2.24 bits per heavy atom. The van der Waals surface area contributed by atoms with E-state index in [4.69, 9.17) is 5.26 Å². The second-order valence-corrected chi connectivity index (χ2v) is 4.83. The van der Waals surface area contributed by atoms with Gasteiger partial charge in [-0.3, -0.25) is 4.79 Å². The van der Waals surface area contributed by atoms with Crippen molar-refractivity contribution >= 4 is 17.7 Å². The van der Waals surface area contributed by atoms with Crippen LogP contribution in [0.2, 0.25) is 0 Å². The lowest BCUT2D eigenvalue weighted by Crippen LogP contribution is -2.25. The quantitative estimate of drug-likeness (QED) is 0.643. The number of nitriles is 1. The largest absolute Gasteiger partial charge is 0.354 e. The number of nitrogens with one attached hydrogen (secondary N) is 1. The highest BCUT2D eigenvalue weighted by atomic mass is 32.2. The van der Waals surface area contributed by atoms with Gasteiger partial charge in [0, 0.05) is 11.4 Å². The lowest BCUT2D eigenvalue weighted by Gasteiger charge is -2.06. The molecule has 0 aliphatic heterocycles. The minimum Gasteiger partial charge on any atom is -0.354 e. The zero-order valence-corrected chi connectivity index (χ0v) is 10.9. The summed E-state index contributed by atoms with van der Waals surface area (Å²) in [7, 11) is 0. The number of amides is 1. The summed E-state index contributed by atoms with van der Waals surface area (Å²) in [4.78, 5) is 12.6. The molecule has 0 aliphatic rings. The standard InChI is InChI=1S/C13H16N2OS/c1-10-4-5-11(2)12(8-10)17-9-13(16)15-7-3-6-14/h4-5,8H,3,7,9H2,1-2H3,(H,15,16). The highest BCUT2D eigenvalue weighted by molar-refractivity contribution is 8.00. The Morgan fingerprint density at radius 1 is 1.47 bits per heavy atom. The van der Waals surface area contributed by atoms with Crippen LogP contribution in [0.5, 0.6) is 0 Å². The summed E-state index contributed by atoms with van der Waals surface area (Å²) in [5.74, 6) is 0.376. The van der Waals surface area contributed by atoms with Crippen LogP contribution in [0.15, 0.2) is 23.1 Å². The molecule has 0 fully saturated rings. The van der Waals surface area contributed by atoms with Crippen LogP contribution in [0, 0.1) is 25.2 Å². The molecule has 0 heterocycles. The summed E-state index contributed by atoms with van der Waals surface area (Å²) >= 11 is 1.53. The van der Waals surface area contributed by atoms with E-state index in [-0.39, 0.29) is 5.91 Å². The molecule has 0 aromatic heterocycles. The van der Waals surface area contributed by atoms with Gasteiger partial charge in [0.15, 0.2) is 0 Å². The molecule has 1 rings (SSSR count). The lowest BCUT2D eigenvalue weighted by atomic mass is 10.2. The summed E-state index contributed by atoms with van der Waals surface area (Å²) in [5.41, 5.74) is 2.38. The van der Waals surface area contributed by atoms with Crippen LogP contribution >= 0.6 is 11.8 Å². The van der Waals surface area contributed by atoms with E-state index in [0.717, 1.165) is 4.90 Å². The second kappa shape index (κ2) is 6.97. The van der Waals surface area contributed by atoms with E-state index in [1.807, 2.05) is 19.9 Å². The van der Waals surface area contributed by atoms with Gasteiger partial charge in [-0.2, -0.15) is 5.26 Å². The summed E-state index contributed by atoms with van der Waals surface area (Å²) in [6.07, 6.45) is 0.361. The third kappa shape index (κ3) is 4.92. The third-order valence-corrected chi connectivity index (χ3v) is 3.42. The van der Waals surface area contributed by atoms with E-state index in [2.05, 4.69) is 23.5 Å². The Morgan fingerprint density at radius 3 is 2.94 bits per heavy atom. The van der Waals surface area contributed by atoms with Gasteiger partial charge in [0.05, 0.1) is 18.2 Å². The van der Waals surface area contributed by atoms with Gasteiger partial charge in [-0.05, 0) is 25.5 Å². The monoisotopic (exact) mass is 248 g/mol. The zero-order valence-electron chi connectivity index (χ0n) is 10.1. The highest BCUT2D eigenvalue weighted by Crippen LogP contribution is 2.23. The molecule has 1 aromatic carbocycles. The van der Waals surface area contributed by atoms with Gasteiger partial charge in [-0.1, -0.05) is 17.7 Å². The first-order valence-electron chi connectivity index (χ1n) is 5.47. The van der Waals surface area contributed by atoms with Crippen LogP contribution in [-0.4, -0.2) is 18.2 Å². The number of nitrogens with zero attached hydrogens (tertiary/aromatic N) is 1. The number of thioether (sulfide) groups is 1. The van der Waals surface area contributed by atoms with Crippen molar-refractivity contribution in [1.82, 2.24) is 5.32 Å². The van der Waals surface area contributed by atoms with Gasteiger partial charge in [0.2, 0.25) is 5.91 Å². The van der Waals surface area contributed by atoms with E-state index < -0.39 is 0 Å². The van der Waals surface area contributed by atoms with Crippen molar-refractivity contribution < 1.29 is 4.79 Å². The highest BCUT2D eigenvalue weighted by Gasteiger charge is 2.04. The minimum atomic E-state index is -0.0221. The van der Waals surface area contributed by atoms with Crippen molar-refractivity contribution in [3.63, 3.8) is 0 Å². The number of carbonyl (C=O) groups is 1. The molecule has 1 amide bonds. The molecule has 0 radical (unpaired) electrons. The number of carbonyl (C=O) groups excluding carboxylic acids is 1. The van der Waals surface area contributed by atoms with E-state index in [9.17, 15) is 4.79 Å². The molecule has 17 heavy (non-hydrogen) atoms.